The van der Waals surface area contributed by atoms with Gasteiger partial charge in [0.25, 0.3) is 5.91 Å². The fraction of sp³-hybridized carbons (Fsp3) is 0.536. The maximum absolute atomic E-state index is 13.2. The summed E-state index contributed by atoms with van der Waals surface area (Å²) in [6.45, 7) is -0.796. The summed E-state index contributed by atoms with van der Waals surface area (Å²) in [6, 6.07) is 4.73. The average Bonchev–Trinajstić information content (AvgIpc) is 3.63. The third kappa shape index (κ3) is 5.46. The minimum atomic E-state index is -4.30. The van der Waals surface area contributed by atoms with Crippen molar-refractivity contribution < 1.29 is 22.8 Å². The number of anilines is 3. The molecule has 2 saturated heterocycles. The third-order valence-corrected chi connectivity index (χ3v) is 8.43. The molecule has 13 heteroatoms. The van der Waals surface area contributed by atoms with Gasteiger partial charge in [0, 0.05) is 56.8 Å². The van der Waals surface area contributed by atoms with Gasteiger partial charge in [-0.05, 0) is 43.9 Å². The molecule has 5 heterocycles. The lowest BCUT2D eigenvalue weighted by Gasteiger charge is -2.29. The van der Waals surface area contributed by atoms with Gasteiger partial charge in [-0.2, -0.15) is 18.2 Å². The zero-order chi connectivity index (χ0) is 28.9. The number of aromatic nitrogens is 4. The Morgan fingerprint density at radius 1 is 1.05 bits per heavy atom. The van der Waals surface area contributed by atoms with Gasteiger partial charge < -0.3 is 19.7 Å². The first-order chi connectivity index (χ1) is 19.6. The molecular weight excluding hydrogens is 537 g/mol. The Morgan fingerprint density at radius 2 is 1.80 bits per heavy atom. The zero-order valence-corrected chi connectivity index (χ0v) is 23.1. The van der Waals surface area contributed by atoms with Gasteiger partial charge in [0.1, 0.15) is 17.2 Å². The van der Waals surface area contributed by atoms with Gasteiger partial charge >= 0.3 is 6.18 Å². The first-order valence-electron chi connectivity index (χ1n) is 14.0. The van der Waals surface area contributed by atoms with Crippen LogP contribution in [0.4, 0.5) is 30.6 Å². The third-order valence-electron chi connectivity index (χ3n) is 8.43. The Hall–Kier alpha value is -3.74. The number of hydrogen-bond donors (Lipinski definition) is 1. The molecular formula is C28H33F3N8O2. The standard InChI is InChI=1S/C28H33F3N8O2/c1-36(2)26(41)22-11-17-13-33-27(35-25(17)39(22)18-5-3-4-6-18)34-23-10-9-20(14-32-23)37-15-21-8-7-19(12-24(37)40)38(21)16-28(29,30)31/h9-11,13-14,18-19,21H,3-8,12,15-16H2,1-2H3,(H,32,33,34,35)/t19-,21+/m0/s1. The number of nitrogens with one attached hydrogen (secondary N) is 1. The first kappa shape index (κ1) is 27.4. The molecule has 10 nitrogen and oxygen atoms in total. The summed E-state index contributed by atoms with van der Waals surface area (Å²) in [4.78, 5) is 44.1. The van der Waals surface area contributed by atoms with Crippen LogP contribution in [0.2, 0.25) is 0 Å². The number of hydrogen-bond acceptors (Lipinski definition) is 7. The molecule has 3 aromatic heterocycles. The Balaban J connectivity index is 1.22. The molecule has 3 aliphatic rings. The molecule has 6 rings (SSSR count). The molecule has 0 radical (unpaired) electrons. The van der Waals surface area contributed by atoms with Gasteiger partial charge in [-0.25, -0.2) is 9.97 Å². The van der Waals surface area contributed by atoms with Crippen LogP contribution in [0.25, 0.3) is 11.0 Å². The van der Waals surface area contributed by atoms with Crippen molar-refractivity contribution in [3.63, 3.8) is 0 Å². The molecule has 1 N–H and O–H groups in total. The van der Waals surface area contributed by atoms with Crippen molar-refractivity contribution in [2.24, 2.45) is 0 Å². The smallest absolute Gasteiger partial charge is 0.343 e. The molecule has 3 fully saturated rings. The monoisotopic (exact) mass is 570 g/mol. The van der Waals surface area contributed by atoms with Crippen LogP contribution in [-0.4, -0.2) is 86.6 Å². The highest BCUT2D eigenvalue weighted by Gasteiger charge is 2.45. The summed E-state index contributed by atoms with van der Waals surface area (Å²) in [5.74, 6) is 0.500. The quantitative estimate of drug-likeness (QED) is 0.465. The van der Waals surface area contributed by atoms with Gasteiger partial charge in [0.15, 0.2) is 0 Å². The second-order valence-corrected chi connectivity index (χ2v) is 11.4. The van der Waals surface area contributed by atoms with Gasteiger partial charge in [0.05, 0.1) is 18.4 Å². The van der Waals surface area contributed by atoms with Crippen LogP contribution in [0.5, 0.6) is 0 Å². The van der Waals surface area contributed by atoms with E-state index in [1.807, 2.05) is 10.6 Å². The Labute approximate surface area is 235 Å². The van der Waals surface area contributed by atoms with Gasteiger partial charge in [-0.1, -0.05) is 12.8 Å². The lowest BCUT2D eigenvalue weighted by atomic mass is 10.1. The lowest BCUT2D eigenvalue weighted by Crippen LogP contribution is -2.44. The summed E-state index contributed by atoms with van der Waals surface area (Å²) in [5, 5.41) is 3.89. The first-order valence-corrected chi connectivity index (χ1v) is 14.0. The van der Waals surface area contributed by atoms with E-state index in [0.717, 1.165) is 31.1 Å². The van der Waals surface area contributed by atoms with Crippen molar-refractivity contribution in [3.8, 4) is 0 Å². The number of rotatable bonds is 6. The van der Waals surface area contributed by atoms with Crippen LogP contribution >= 0.6 is 0 Å². The number of alkyl halides is 3. The fourth-order valence-corrected chi connectivity index (χ4v) is 6.50. The van der Waals surface area contributed by atoms with E-state index in [1.165, 1.54) is 4.90 Å². The van der Waals surface area contributed by atoms with Crippen molar-refractivity contribution in [2.75, 3.05) is 37.4 Å². The van der Waals surface area contributed by atoms with E-state index >= 15 is 0 Å². The minimum absolute atomic E-state index is 0.0550. The molecule has 0 spiro atoms. The number of halogens is 3. The summed E-state index contributed by atoms with van der Waals surface area (Å²) in [6.07, 6.45) is 4.39. The number of carbonyl (C=O) groups excluding carboxylic acids is 2. The molecule has 3 aromatic rings. The predicted molar refractivity (Wildman–Crippen MR) is 147 cm³/mol. The molecule has 0 unspecified atom stereocenters. The van der Waals surface area contributed by atoms with Crippen LogP contribution in [0, 0.1) is 0 Å². The molecule has 0 aromatic carbocycles. The van der Waals surface area contributed by atoms with E-state index in [-0.39, 0.29) is 36.9 Å². The van der Waals surface area contributed by atoms with E-state index < -0.39 is 18.8 Å². The molecule has 2 aliphatic heterocycles. The summed E-state index contributed by atoms with van der Waals surface area (Å²) >= 11 is 0. The van der Waals surface area contributed by atoms with Gasteiger partial charge in [-0.15, -0.1) is 0 Å². The molecule has 2 amide bonds. The van der Waals surface area contributed by atoms with Crippen LogP contribution in [0.3, 0.4) is 0 Å². The van der Waals surface area contributed by atoms with Crippen molar-refractivity contribution in [2.45, 2.75) is 69.2 Å². The van der Waals surface area contributed by atoms with Gasteiger partial charge in [0.2, 0.25) is 11.9 Å². The van der Waals surface area contributed by atoms with E-state index in [4.69, 9.17) is 4.98 Å². The van der Waals surface area contributed by atoms with E-state index in [1.54, 1.807) is 48.4 Å². The average molecular weight is 571 g/mol. The fourth-order valence-electron chi connectivity index (χ4n) is 6.50. The molecule has 218 valence electrons. The highest BCUT2D eigenvalue weighted by atomic mass is 19.4. The van der Waals surface area contributed by atoms with Crippen LogP contribution in [-0.2, 0) is 4.79 Å². The van der Waals surface area contributed by atoms with E-state index in [9.17, 15) is 22.8 Å². The van der Waals surface area contributed by atoms with Crippen LogP contribution in [0.1, 0.15) is 61.5 Å². The second kappa shape index (κ2) is 10.6. The van der Waals surface area contributed by atoms with E-state index in [0.29, 0.717) is 41.6 Å². The molecule has 2 atom stereocenters. The SMILES string of the molecule is CN(C)C(=O)c1cc2cnc(Nc3ccc(N4C[C@H]5CC[C@@H](CC4=O)N5CC(F)(F)F)cn3)nc2n1C1CCCC1. The Bertz CT molecular complexity index is 1450. The summed E-state index contributed by atoms with van der Waals surface area (Å²) in [7, 11) is 3.46. The number of fused-ring (bicyclic) bond motifs is 3. The largest absolute Gasteiger partial charge is 0.401 e. The number of pyridine rings is 1. The lowest BCUT2D eigenvalue weighted by molar-refractivity contribution is -0.151. The van der Waals surface area contributed by atoms with E-state index in [2.05, 4.69) is 15.3 Å². The molecule has 41 heavy (non-hydrogen) atoms. The highest BCUT2D eigenvalue weighted by Crippen LogP contribution is 2.36. The normalized spacial score (nSPS) is 22.0. The minimum Gasteiger partial charge on any atom is -0.343 e. The summed E-state index contributed by atoms with van der Waals surface area (Å²) < 4.78 is 41.5. The van der Waals surface area contributed by atoms with Crippen molar-refractivity contribution in [3.05, 3.63) is 36.3 Å². The van der Waals surface area contributed by atoms with Crippen molar-refractivity contribution in [1.82, 2.24) is 29.3 Å². The number of carbonyl (C=O) groups is 2. The molecule has 2 bridgehead atoms. The second-order valence-electron chi connectivity index (χ2n) is 11.4. The van der Waals surface area contributed by atoms with Crippen LogP contribution < -0.4 is 10.2 Å². The molecule has 1 saturated carbocycles. The van der Waals surface area contributed by atoms with Crippen molar-refractivity contribution >= 4 is 40.3 Å². The summed E-state index contributed by atoms with van der Waals surface area (Å²) in [5.41, 5.74) is 1.82. The maximum Gasteiger partial charge on any atom is 0.401 e. The maximum atomic E-state index is 13.2. The predicted octanol–water partition coefficient (Wildman–Crippen LogP) is 4.52. The number of nitrogens with zero attached hydrogens (tertiary/aromatic N) is 7. The topological polar surface area (TPSA) is 99.5 Å². The number of amides is 2. The van der Waals surface area contributed by atoms with Gasteiger partial charge in [-0.3, -0.25) is 14.5 Å². The Morgan fingerprint density at radius 3 is 2.49 bits per heavy atom. The van der Waals surface area contributed by atoms with Crippen molar-refractivity contribution in [1.29, 1.82) is 0 Å². The zero-order valence-electron chi connectivity index (χ0n) is 23.1. The molecule has 1 aliphatic carbocycles. The Kier molecular flexibility index (Phi) is 7.08. The highest BCUT2D eigenvalue weighted by molar-refractivity contribution is 5.98. The van der Waals surface area contributed by atoms with Crippen LogP contribution in [0.15, 0.2) is 30.6 Å².